The van der Waals surface area contributed by atoms with Crippen molar-refractivity contribution in [1.82, 2.24) is 4.98 Å². The van der Waals surface area contributed by atoms with Gasteiger partial charge in [0.1, 0.15) is 0 Å². The molecule has 0 bridgehead atoms. The Balaban J connectivity index is 1.81. The lowest BCUT2D eigenvalue weighted by Gasteiger charge is -2.15. The highest BCUT2D eigenvalue weighted by molar-refractivity contribution is 6.30. The Morgan fingerprint density at radius 1 is 1.13 bits per heavy atom. The maximum Gasteiger partial charge on any atom is 0.233 e. The van der Waals surface area contributed by atoms with E-state index in [4.69, 9.17) is 17.3 Å². The fourth-order valence-electron chi connectivity index (χ4n) is 2.48. The van der Waals surface area contributed by atoms with Gasteiger partial charge in [0, 0.05) is 35.0 Å². The Morgan fingerprint density at radius 2 is 1.91 bits per heavy atom. The molecule has 0 fully saturated rings. The summed E-state index contributed by atoms with van der Waals surface area (Å²) in [6.45, 7) is 0.227. The zero-order valence-corrected chi connectivity index (χ0v) is 13.1. The lowest BCUT2D eigenvalue weighted by Crippen LogP contribution is -2.27. The number of carbonyl (C=O) groups excluding carboxylic acids is 1. The number of pyridine rings is 1. The Morgan fingerprint density at radius 3 is 2.65 bits per heavy atom. The van der Waals surface area contributed by atoms with Crippen LogP contribution in [0.5, 0.6) is 0 Å². The first-order valence-corrected chi connectivity index (χ1v) is 7.65. The van der Waals surface area contributed by atoms with Crippen LogP contribution in [0.25, 0.3) is 10.8 Å². The lowest BCUT2D eigenvalue weighted by atomic mass is 9.98. The number of benzene rings is 2. The molecule has 116 valence electrons. The summed E-state index contributed by atoms with van der Waals surface area (Å²) < 4.78 is 0. The number of hydrogen-bond donors (Lipinski definition) is 2. The van der Waals surface area contributed by atoms with E-state index in [0.29, 0.717) is 5.02 Å². The topological polar surface area (TPSA) is 68.0 Å². The second-order valence-electron chi connectivity index (χ2n) is 5.27. The molecule has 0 radical (unpaired) electrons. The summed E-state index contributed by atoms with van der Waals surface area (Å²) in [5, 5.41) is 5.61. The number of anilines is 1. The number of hydrogen-bond acceptors (Lipinski definition) is 3. The molecule has 0 saturated carbocycles. The van der Waals surface area contributed by atoms with E-state index in [1.807, 2.05) is 36.4 Å². The summed E-state index contributed by atoms with van der Waals surface area (Å²) in [5.74, 6) is -0.552. The molecule has 0 aliphatic heterocycles. The van der Waals surface area contributed by atoms with Crippen molar-refractivity contribution in [3.8, 4) is 0 Å². The molecule has 1 aromatic heterocycles. The molecule has 0 aliphatic rings. The summed E-state index contributed by atoms with van der Waals surface area (Å²) in [4.78, 5) is 16.6. The van der Waals surface area contributed by atoms with Crippen LogP contribution in [0.2, 0.25) is 5.02 Å². The average molecular weight is 326 g/mol. The minimum absolute atomic E-state index is 0.136. The molecule has 2 aromatic carbocycles. The van der Waals surface area contributed by atoms with Crippen LogP contribution in [0.4, 0.5) is 5.69 Å². The smallest absolute Gasteiger partial charge is 0.233 e. The largest absolute Gasteiger partial charge is 0.329 e. The number of nitrogens with one attached hydrogen (secondary N) is 1. The molecule has 0 aliphatic carbocycles. The zero-order chi connectivity index (χ0) is 16.2. The summed E-state index contributed by atoms with van der Waals surface area (Å²) in [6, 6.07) is 14.8. The third-order valence-electron chi connectivity index (χ3n) is 3.73. The van der Waals surface area contributed by atoms with E-state index >= 15 is 0 Å². The van der Waals surface area contributed by atoms with Crippen LogP contribution < -0.4 is 11.1 Å². The van der Waals surface area contributed by atoms with Crippen LogP contribution in [0.15, 0.2) is 60.9 Å². The van der Waals surface area contributed by atoms with Crippen molar-refractivity contribution >= 4 is 34.0 Å². The quantitative estimate of drug-likeness (QED) is 0.770. The first-order chi connectivity index (χ1) is 11.2. The first-order valence-electron chi connectivity index (χ1n) is 7.27. The fraction of sp³-hybridized carbons (Fsp3) is 0.111. The van der Waals surface area contributed by atoms with Crippen molar-refractivity contribution in [2.45, 2.75) is 5.92 Å². The van der Waals surface area contributed by atoms with Crippen molar-refractivity contribution < 1.29 is 4.79 Å². The molecule has 1 amide bonds. The van der Waals surface area contributed by atoms with Gasteiger partial charge in [0.15, 0.2) is 0 Å². The van der Waals surface area contributed by atoms with Gasteiger partial charge in [-0.3, -0.25) is 9.78 Å². The molecule has 1 atom stereocenters. The average Bonchev–Trinajstić information content (AvgIpc) is 2.57. The Bertz CT molecular complexity index is 833. The molecule has 5 heteroatoms. The summed E-state index contributed by atoms with van der Waals surface area (Å²) in [7, 11) is 0. The molecule has 4 nitrogen and oxygen atoms in total. The third-order valence-corrected chi connectivity index (χ3v) is 3.98. The van der Waals surface area contributed by atoms with Gasteiger partial charge in [0.2, 0.25) is 5.91 Å². The van der Waals surface area contributed by atoms with Gasteiger partial charge in [-0.25, -0.2) is 0 Å². The van der Waals surface area contributed by atoms with Crippen LogP contribution in [0, 0.1) is 0 Å². The highest BCUT2D eigenvalue weighted by Gasteiger charge is 2.19. The van der Waals surface area contributed by atoms with Crippen LogP contribution in [0.3, 0.4) is 0 Å². The van der Waals surface area contributed by atoms with E-state index < -0.39 is 5.92 Å². The van der Waals surface area contributed by atoms with E-state index in [1.54, 1.807) is 24.5 Å². The molecule has 1 heterocycles. The minimum atomic E-state index is -0.416. The Kier molecular flexibility index (Phi) is 4.55. The van der Waals surface area contributed by atoms with Crippen molar-refractivity contribution in [3.05, 3.63) is 71.5 Å². The number of aromatic nitrogens is 1. The predicted molar refractivity (Wildman–Crippen MR) is 93.6 cm³/mol. The van der Waals surface area contributed by atoms with Crippen LogP contribution in [-0.4, -0.2) is 17.4 Å². The number of amides is 1. The van der Waals surface area contributed by atoms with Gasteiger partial charge in [0.25, 0.3) is 0 Å². The molecule has 0 spiro atoms. The molecular weight excluding hydrogens is 310 g/mol. The van der Waals surface area contributed by atoms with Crippen molar-refractivity contribution in [2.24, 2.45) is 5.73 Å². The predicted octanol–water partition coefficient (Wildman–Crippen LogP) is 3.57. The Labute approximate surface area is 139 Å². The van der Waals surface area contributed by atoms with E-state index in [2.05, 4.69) is 10.3 Å². The van der Waals surface area contributed by atoms with Crippen molar-refractivity contribution in [1.29, 1.82) is 0 Å². The number of fused-ring (bicyclic) bond motifs is 1. The SMILES string of the molecule is NC[C@@H](C(=O)Nc1ccc2cnccc2c1)c1ccc(Cl)cc1. The standard InChI is InChI=1S/C18H16ClN3O/c19-15-4-1-12(2-5-15)17(10-20)18(23)22-16-6-3-14-11-21-8-7-13(14)9-16/h1-9,11,17H,10,20H2,(H,22,23)/t17-/m1/s1. The van der Waals surface area contributed by atoms with E-state index in [9.17, 15) is 4.79 Å². The molecule has 23 heavy (non-hydrogen) atoms. The van der Waals surface area contributed by atoms with Crippen molar-refractivity contribution in [3.63, 3.8) is 0 Å². The number of halogens is 1. The third kappa shape index (κ3) is 3.50. The van der Waals surface area contributed by atoms with Gasteiger partial charge < -0.3 is 11.1 Å². The first kappa shape index (κ1) is 15.5. The van der Waals surface area contributed by atoms with Gasteiger partial charge in [-0.2, -0.15) is 0 Å². The second-order valence-corrected chi connectivity index (χ2v) is 5.70. The summed E-state index contributed by atoms with van der Waals surface area (Å²) in [5.41, 5.74) is 7.37. The van der Waals surface area contributed by atoms with Gasteiger partial charge >= 0.3 is 0 Å². The molecule has 3 N–H and O–H groups in total. The monoisotopic (exact) mass is 325 g/mol. The van der Waals surface area contributed by atoms with Gasteiger partial charge in [0.05, 0.1) is 5.92 Å². The van der Waals surface area contributed by atoms with Crippen LogP contribution >= 0.6 is 11.6 Å². The number of nitrogens with zero attached hydrogens (tertiary/aromatic N) is 1. The van der Waals surface area contributed by atoms with E-state index in [0.717, 1.165) is 22.0 Å². The van der Waals surface area contributed by atoms with Gasteiger partial charge in [-0.15, -0.1) is 0 Å². The fourth-order valence-corrected chi connectivity index (χ4v) is 2.61. The number of rotatable bonds is 4. The van der Waals surface area contributed by atoms with Crippen LogP contribution in [0.1, 0.15) is 11.5 Å². The molecule has 3 rings (SSSR count). The van der Waals surface area contributed by atoms with Crippen molar-refractivity contribution in [2.75, 3.05) is 11.9 Å². The summed E-state index contributed by atoms with van der Waals surface area (Å²) >= 11 is 5.89. The maximum atomic E-state index is 12.5. The highest BCUT2D eigenvalue weighted by Crippen LogP contribution is 2.22. The second kappa shape index (κ2) is 6.77. The van der Waals surface area contributed by atoms with Gasteiger partial charge in [-0.1, -0.05) is 29.8 Å². The zero-order valence-electron chi connectivity index (χ0n) is 12.4. The summed E-state index contributed by atoms with van der Waals surface area (Å²) in [6.07, 6.45) is 3.52. The number of nitrogens with two attached hydrogens (primary N) is 1. The molecule has 0 saturated heterocycles. The lowest BCUT2D eigenvalue weighted by molar-refractivity contribution is -0.117. The Hall–Kier alpha value is -2.43. The minimum Gasteiger partial charge on any atom is -0.329 e. The molecule has 3 aromatic rings. The van der Waals surface area contributed by atoms with E-state index in [1.165, 1.54) is 0 Å². The molecule has 0 unspecified atom stereocenters. The van der Waals surface area contributed by atoms with Gasteiger partial charge in [-0.05, 0) is 41.3 Å². The normalized spacial score (nSPS) is 12.1. The molecular formula is C18H16ClN3O. The highest BCUT2D eigenvalue weighted by atomic mass is 35.5. The maximum absolute atomic E-state index is 12.5. The number of carbonyl (C=O) groups is 1. The van der Waals surface area contributed by atoms with E-state index in [-0.39, 0.29) is 12.5 Å². The van der Waals surface area contributed by atoms with Crippen LogP contribution in [-0.2, 0) is 4.79 Å².